The Morgan fingerprint density at radius 2 is 2.16 bits per heavy atom. The molecular weight excluding hydrogens is 338 g/mol. The molecule has 2 heterocycles. The quantitative estimate of drug-likeness (QED) is 0.799. The lowest BCUT2D eigenvalue weighted by Gasteiger charge is -2.22. The topological polar surface area (TPSA) is 82.5 Å². The number of benzene rings is 1. The molecule has 6 nitrogen and oxygen atoms in total. The van der Waals surface area contributed by atoms with Crippen molar-refractivity contribution >= 4 is 23.7 Å². The predicted molar refractivity (Wildman–Crippen MR) is 96.0 cm³/mol. The molecule has 1 fully saturated rings. The van der Waals surface area contributed by atoms with Crippen molar-refractivity contribution in [3.8, 4) is 10.4 Å². The summed E-state index contributed by atoms with van der Waals surface area (Å²) >= 11 is 1.60. The Morgan fingerprint density at radius 3 is 2.76 bits per heavy atom. The lowest BCUT2D eigenvalue weighted by Crippen LogP contribution is -2.43. The SMILES string of the molecule is Cc1ncsc1-c1ccc([C@H](C)NC(=O)[C@@H]2CC(O)CN2C=O)cc1. The van der Waals surface area contributed by atoms with Crippen molar-refractivity contribution in [2.45, 2.75) is 38.5 Å². The van der Waals surface area contributed by atoms with Crippen LogP contribution in [0.4, 0.5) is 0 Å². The molecule has 0 saturated carbocycles. The lowest BCUT2D eigenvalue weighted by molar-refractivity contribution is -0.131. The lowest BCUT2D eigenvalue weighted by atomic mass is 10.0. The van der Waals surface area contributed by atoms with E-state index in [1.54, 1.807) is 11.3 Å². The number of β-amino-alcohol motifs (C(OH)–C–C–N with tert-alkyl or cyclic N) is 1. The van der Waals surface area contributed by atoms with Gasteiger partial charge in [0.1, 0.15) is 6.04 Å². The molecule has 132 valence electrons. The smallest absolute Gasteiger partial charge is 0.243 e. The van der Waals surface area contributed by atoms with Crippen LogP contribution in [-0.4, -0.2) is 46.0 Å². The molecule has 1 saturated heterocycles. The number of nitrogens with zero attached hydrogens (tertiary/aromatic N) is 2. The van der Waals surface area contributed by atoms with Crippen LogP contribution < -0.4 is 5.32 Å². The molecule has 3 atom stereocenters. The largest absolute Gasteiger partial charge is 0.391 e. The fraction of sp³-hybridized carbons (Fsp3) is 0.389. The first-order valence-corrected chi connectivity index (χ1v) is 9.07. The number of hydrogen-bond acceptors (Lipinski definition) is 5. The Morgan fingerprint density at radius 1 is 1.44 bits per heavy atom. The van der Waals surface area contributed by atoms with Crippen molar-refractivity contribution in [2.24, 2.45) is 0 Å². The maximum Gasteiger partial charge on any atom is 0.243 e. The van der Waals surface area contributed by atoms with Crippen molar-refractivity contribution in [3.05, 3.63) is 41.0 Å². The van der Waals surface area contributed by atoms with Crippen LogP contribution in [0, 0.1) is 6.92 Å². The van der Waals surface area contributed by atoms with Crippen LogP contribution in [0.2, 0.25) is 0 Å². The van der Waals surface area contributed by atoms with Gasteiger partial charge in [0, 0.05) is 13.0 Å². The summed E-state index contributed by atoms with van der Waals surface area (Å²) in [5.74, 6) is -0.237. The molecule has 1 unspecified atom stereocenters. The molecular formula is C18H21N3O3S. The number of amides is 2. The molecule has 2 amide bonds. The first-order valence-electron chi connectivity index (χ1n) is 8.19. The zero-order valence-corrected chi connectivity index (χ0v) is 15.0. The zero-order valence-electron chi connectivity index (χ0n) is 14.2. The van der Waals surface area contributed by atoms with Crippen LogP contribution in [0.3, 0.4) is 0 Å². The van der Waals surface area contributed by atoms with Gasteiger partial charge in [0.15, 0.2) is 0 Å². The summed E-state index contributed by atoms with van der Waals surface area (Å²) in [6, 6.07) is 7.23. The predicted octanol–water partition coefficient (Wildman–Crippen LogP) is 1.89. The van der Waals surface area contributed by atoms with E-state index in [0.29, 0.717) is 6.41 Å². The minimum absolute atomic E-state index is 0.185. The summed E-state index contributed by atoms with van der Waals surface area (Å²) in [7, 11) is 0. The Bertz CT molecular complexity index is 759. The Kier molecular flexibility index (Phi) is 5.15. The molecule has 7 heteroatoms. The van der Waals surface area contributed by atoms with Crippen molar-refractivity contribution < 1.29 is 14.7 Å². The zero-order chi connectivity index (χ0) is 18.0. The van der Waals surface area contributed by atoms with Gasteiger partial charge >= 0.3 is 0 Å². The Labute approximate surface area is 150 Å². The summed E-state index contributed by atoms with van der Waals surface area (Å²) in [5, 5.41) is 12.6. The van der Waals surface area contributed by atoms with Crippen LogP contribution in [0.15, 0.2) is 29.8 Å². The van der Waals surface area contributed by atoms with Crippen LogP contribution >= 0.6 is 11.3 Å². The van der Waals surface area contributed by atoms with Gasteiger partial charge < -0.3 is 15.3 Å². The van der Waals surface area contributed by atoms with E-state index >= 15 is 0 Å². The third-order valence-electron chi connectivity index (χ3n) is 4.53. The molecule has 3 rings (SSSR count). The van der Waals surface area contributed by atoms with E-state index in [9.17, 15) is 14.7 Å². The molecule has 1 aliphatic rings. The monoisotopic (exact) mass is 359 g/mol. The second-order valence-electron chi connectivity index (χ2n) is 6.33. The molecule has 25 heavy (non-hydrogen) atoms. The van der Waals surface area contributed by atoms with E-state index in [0.717, 1.165) is 21.7 Å². The normalized spacial score (nSPS) is 21.2. The summed E-state index contributed by atoms with van der Waals surface area (Å²) in [6.45, 7) is 4.09. The van der Waals surface area contributed by atoms with E-state index in [-0.39, 0.29) is 24.9 Å². The second-order valence-corrected chi connectivity index (χ2v) is 7.18. The van der Waals surface area contributed by atoms with Gasteiger partial charge in [0.05, 0.1) is 28.2 Å². The molecule has 1 aromatic carbocycles. The number of carbonyl (C=O) groups is 2. The highest BCUT2D eigenvalue weighted by Crippen LogP contribution is 2.28. The molecule has 0 radical (unpaired) electrons. The average molecular weight is 359 g/mol. The maximum absolute atomic E-state index is 12.4. The molecule has 2 N–H and O–H groups in total. The van der Waals surface area contributed by atoms with Gasteiger partial charge in [0.25, 0.3) is 0 Å². The van der Waals surface area contributed by atoms with E-state index in [2.05, 4.69) is 10.3 Å². The van der Waals surface area contributed by atoms with Gasteiger partial charge in [-0.1, -0.05) is 24.3 Å². The van der Waals surface area contributed by atoms with Crippen molar-refractivity contribution in [1.82, 2.24) is 15.2 Å². The standard InChI is InChI=1S/C18H21N3O3S/c1-11(20-18(24)16-7-15(23)8-21(16)10-22)13-3-5-14(6-4-13)17-12(2)19-9-25-17/h3-6,9-11,15-16,23H,7-8H2,1-2H3,(H,20,24)/t11-,15?,16-/m0/s1. The molecule has 0 spiro atoms. The van der Waals surface area contributed by atoms with Crippen molar-refractivity contribution in [1.29, 1.82) is 0 Å². The highest BCUT2D eigenvalue weighted by atomic mass is 32.1. The maximum atomic E-state index is 12.4. The number of nitrogens with one attached hydrogen (secondary N) is 1. The first-order chi connectivity index (χ1) is 12.0. The van der Waals surface area contributed by atoms with E-state index in [1.165, 1.54) is 4.90 Å². The highest BCUT2D eigenvalue weighted by Gasteiger charge is 2.35. The summed E-state index contributed by atoms with van der Waals surface area (Å²) in [5.41, 5.74) is 4.92. The van der Waals surface area contributed by atoms with Gasteiger partial charge in [-0.3, -0.25) is 9.59 Å². The minimum Gasteiger partial charge on any atom is -0.391 e. The van der Waals surface area contributed by atoms with Crippen molar-refractivity contribution in [2.75, 3.05) is 6.54 Å². The summed E-state index contributed by atoms with van der Waals surface area (Å²) in [4.78, 5) is 30.2. The number of rotatable bonds is 5. The van der Waals surface area contributed by atoms with Gasteiger partial charge in [-0.25, -0.2) is 4.98 Å². The van der Waals surface area contributed by atoms with Gasteiger partial charge in [-0.15, -0.1) is 11.3 Å². The number of aliphatic hydroxyl groups is 1. The highest BCUT2D eigenvalue weighted by molar-refractivity contribution is 7.13. The fourth-order valence-electron chi connectivity index (χ4n) is 3.11. The number of aromatic nitrogens is 1. The molecule has 1 aromatic heterocycles. The number of hydrogen-bond donors (Lipinski definition) is 2. The summed E-state index contributed by atoms with van der Waals surface area (Å²) < 4.78 is 0. The molecule has 2 aromatic rings. The second kappa shape index (κ2) is 7.33. The number of carbonyl (C=O) groups excluding carboxylic acids is 2. The van der Waals surface area contributed by atoms with Crippen LogP contribution in [-0.2, 0) is 9.59 Å². The van der Waals surface area contributed by atoms with Gasteiger partial charge in [-0.2, -0.15) is 0 Å². The number of thiazole rings is 1. The fourth-order valence-corrected chi connectivity index (χ4v) is 3.92. The summed E-state index contributed by atoms with van der Waals surface area (Å²) in [6.07, 6.45) is 0.260. The van der Waals surface area contributed by atoms with Crippen LogP contribution in [0.5, 0.6) is 0 Å². The van der Waals surface area contributed by atoms with Crippen molar-refractivity contribution in [3.63, 3.8) is 0 Å². The van der Waals surface area contributed by atoms with Crippen LogP contribution in [0.1, 0.15) is 30.6 Å². The first kappa shape index (κ1) is 17.6. The Balaban J connectivity index is 1.67. The molecule has 1 aliphatic heterocycles. The number of aryl methyl sites for hydroxylation is 1. The van der Waals surface area contributed by atoms with Crippen LogP contribution in [0.25, 0.3) is 10.4 Å². The van der Waals surface area contributed by atoms with E-state index < -0.39 is 12.1 Å². The Hall–Kier alpha value is -2.25. The molecule has 0 bridgehead atoms. The van der Waals surface area contributed by atoms with E-state index in [4.69, 9.17) is 0 Å². The van der Waals surface area contributed by atoms with E-state index in [1.807, 2.05) is 43.6 Å². The third-order valence-corrected chi connectivity index (χ3v) is 5.51. The minimum atomic E-state index is -0.641. The number of likely N-dealkylation sites (tertiary alicyclic amines) is 1. The van der Waals surface area contributed by atoms with Gasteiger partial charge in [-0.05, 0) is 25.0 Å². The van der Waals surface area contributed by atoms with Gasteiger partial charge in [0.2, 0.25) is 12.3 Å². The molecule has 0 aliphatic carbocycles. The average Bonchev–Trinajstić information content (AvgIpc) is 3.20. The third kappa shape index (κ3) is 3.72. The number of aliphatic hydroxyl groups excluding tert-OH is 1.